The molecule has 10 heteroatoms. The number of fused-ring (bicyclic) bond motifs is 1. The molecule has 0 radical (unpaired) electrons. The molecule has 2 atom stereocenters. The lowest BCUT2D eigenvalue weighted by molar-refractivity contribution is 0.0827. The first-order valence-corrected chi connectivity index (χ1v) is 14.8. The summed E-state index contributed by atoms with van der Waals surface area (Å²) in [5.74, 6) is 0.138. The highest BCUT2D eigenvalue weighted by Gasteiger charge is 2.32. The quantitative estimate of drug-likeness (QED) is 0.612. The molecule has 1 saturated heterocycles. The molecule has 0 bridgehead atoms. The third-order valence-corrected chi connectivity index (χ3v) is 10.00. The van der Waals surface area contributed by atoms with Crippen LogP contribution in [0.2, 0.25) is 0 Å². The first-order valence-electron chi connectivity index (χ1n) is 12.5. The maximum atomic E-state index is 13.2. The minimum atomic E-state index is -3.62. The van der Waals surface area contributed by atoms with Gasteiger partial charge in [-0.3, -0.25) is 14.5 Å². The van der Waals surface area contributed by atoms with E-state index in [1.165, 1.54) is 28.4 Å². The highest BCUT2D eigenvalue weighted by Crippen LogP contribution is 2.38. The summed E-state index contributed by atoms with van der Waals surface area (Å²) < 4.78 is 27.9. The molecule has 4 rings (SSSR count). The predicted molar refractivity (Wildman–Crippen MR) is 143 cm³/mol. The van der Waals surface area contributed by atoms with Crippen molar-refractivity contribution < 1.29 is 18.0 Å². The number of carbonyl (C=O) groups is 2. The fraction of sp³-hybridized carbons (Fsp3) is 0.538. The van der Waals surface area contributed by atoms with Crippen LogP contribution in [0.4, 0.5) is 5.00 Å². The van der Waals surface area contributed by atoms with E-state index in [4.69, 9.17) is 0 Å². The Bertz CT molecular complexity index is 1230. The Morgan fingerprint density at radius 3 is 2.33 bits per heavy atom. The second-order valence-electron chi connectivity index (χ2n) is 10.3. The molecule has 0 spiro atoms. The van der Waals surface area contributed by atoms with Gasteiger partial charge in [0.15, 0.2) is 0 Å². The van der Waals surface area contributed by atoms with E-state index in [0.717, 1.165) is 42.9 Å². The number of piperidine rings is 1. The summed E-state index contributed by atoms with van der Waals surface area (Å²) in [4.78, 5) is 31.3. The number of thiophene rings is 1. The number of sulfonamides is 1. The smallest absolute Gasteiger partial charge is 0.256 e. The van der Waals surface area contributed by atoms with Crippen molar-refractivity contribution in [2.75, 3.05) is 45.6 Å². The van der Waals surface area contributed by atoms with Gasteiger partial charge in [-0.15, -0.1) is 11.3 Å². The molecule has 0 aliphatic carbocycles. The van der Waals surface area contributed by atoms with E-state index in [9.17, 15) is 18.0 Å². The molecule has 1 aromatic carbocycles. The highest BCUT2D eigenvalue weighted by molar-refractivity contribution is 7.89. The lowest BCUT2D eigenvalue weighted by Gasteiger charge is -2.34. The molecule has 2 aliphatic rings. The number of nitrogens with zero attached hydrogens (tertiary/aromatic N) is 3. The summed E-state index contributed by atoms with van der Waals surface area (Å²) in [6, 6.07) is 6.08. The molecular weight excluding hydrogens is 496 g/mol. The number of anilines is 1. The Morgan fingerprint density at radius 2 is 1.75 bits per heavy atom. The van der Waals surface area contributed by atoms with Gasteiger partial charge >= 0.3 is 0 Å². The van der Waals surface area contributed by atoms with Gasteiger partial charge < -0.3 is 10.2 Å². The maximum Gasteiger partial charge on any atom is 0.256 e. The van der Waals surface area contributed by atoms with Crippen molar-refractivity contribution in [1.29, 1.82) is 0 Å². The van der Waals surface area contributed by atoms with Crippen LogP contribution in [-0.4, -0.2) is 74.6 Å². The van der Waals surface area contributed by atoms with Gasteiger partial charge in [0.1, 0.15) is 5.00 Å². The maximum absolute atomic E-state index is 13.2. The molecule has 2 aliphatic heterocycles. The fourth-order valence-electron chi connectivity index (χ4n) is 5.17. The molecule has 2 unspecified atom stereocenters. The van der Waals surface area contributed by atoms with Crippen LogP contribution in [0.1, 0.15) is 58.3 Å². The summed E-state index contributed by atoms with van der Waals surface area (Å²) in [5, 5.41) is 3.49. The zero-order chi connectivity index (χ0) is 26.2. The van der Waals surface area contributed by atoms with E-state index in [-0.39, 0.29) is 16.7 Å². The number of carbonyl (C=O) groups excluding carboxylic acids is 2. The number of benzene rings is 1. The normalized spacial score (nSPS) is 21.1. The summed E-state index contributed by atoms with van der Waals surface area (Å²) >= 11 is 1.45. The van der Waals surface area contributed by atoms with E-state index in [1.54, 1.807) is 30.5 Å². The van der Waals surface area contributed by atoms with Crippen molar-refractivity contribution in [3.8, 4) is 0 Å². The monoisotopic (exact) mass is 532 g/mol. The van der Waals surface area contributed by atoms with Gasteiger partial charge in [-0.1, -0.05) is 20.8 Å². The van der Waals surface area contributed by atoms with Gasteiger partial charge in [0.25, 0.3) is 11.8 Å². The second kappa shape index (κ2) is 10.6. The van der Waals surface area contributed by atoms with E-state index in [2.05, 4.69) is 31.0 Å². The second-order valence-corrected chi connectivity index (χ2v) is 13.3. The van der Waals surface area contributed by atoms with Crippen molar-refractivity contribution >= 4 is 38.2 Å². The zero-order valence-electron chi connectivity index (χ0n) is 21.7. The Balaban J connectivity index is 1.56. The van der Waals surface area contributed by atoms with E-state index < -0.39 is 10.0 Å². The first kappa shape index (κ1) is 26.8. The molecule has 8 nitrogen and oxygen atoms in total. The predicted octanol–water partition coefficient (Wildman–Crippen LogP) is 3.75. The van der Waals surface area contributed by atoms with Crippen LogP contribution in [0.3, 0.4) is 0 Å². The van der Waals surface area contributed by atoms with Crippen LogP contribution in [0.25, 0.3) is 0 Å². The molecule has 196 valence electrons. The Hall–Kier alpha value is -2.27. The van der Waals surface area contributed by atoms with Gasteiger partial charge in [0.05, 0.1) is 10.5 Å². The third kappa shape index (κ3) is 5.37. The minimum absolute atomic E-state index is 0.126. The summed E-state index contributed by atoms with van der Waals surface area (Å²) in [5.41, 5.74) is 1.93. The molecule has 0 saturated carbocycles. The molecule has 3 heterocycles. The number of hydrogen-bond donors (Lipinski definition) is 1. The van der Waals surface area contributed by atoms with Crippen LogP contribution in [0, 0.1) is 11.8 Å². The minimum Gasteiger partial charge on any atom is -0.345 e. The van der Waals surface area contributed by atoms with Gasteiger partial charge in [-0.25, -0.2) is 8.42 Å². The molecule has 2 aromatic rings. The van der Waals surface area contributed by atoms with Gasteiger partial charge in [0.2, 0.25) is 10.0 Å². The van der Waals surface area contributed by atoms with Crippen molar-refractivity contribution in [2.24, 2.45) is 11.8 Å². The molecule has 2 amide bonds. The Labute approximate surface area is 218 Å². The first-order chi connectivity index (χ1) is 17.0. The zero-order valence-corrected chi connectivity index (χ0v) is 23.3. The van der Waals surface area contributed by atoms with Crippen LogP contribution >= 0.6 is 11.3 Å². The largest absolute Gasteiger partial charge is 0.345 e. The molecule has 36 heavy (non-hydrogen) atoms. The number of amides is 2. The molecule has 1 fully saturated rings. The number of likely N-dealkylation sites (N-methyl/N-ethyl adjacent to an activating group) is 1. The van der Waals surface area contributed by atoms with Crippen LogP contribution in [0.15, 0.2) is 29.2 Å². The van der Waals surface area contributed by atoms with Crippen LogP contribution in [-0.2, 0) is 23.0 Å². The Morgan fingerprint density at radius 1 is 1.11 bits per heavy atom. The standard InChI is InChI=1S/C26H36N4O4S2/c1-6-29-12-11-21-22(16-29)35-25(23(21)26(32)28(4)5)27-24(31)19-7-9-20(10-8-19)36(33,34)30-14-17(2)13-18(3)15-30/h7-10,17-18H,6,11-16H2,1-5H3,(H,27,31). The fourth-order valence-corrected chi connectivity index (χ4v) is 8.13. The van der Waals surface area contributed by atoms with Crippen molar-refractivity contribution in [2.45, 2.75) is 45.1 Å². The highest BCUT2D eigenvalue weighted by atomic mass is 32.2. The number of rotatable bonds is 6. The van der Waals surface area contributed by atoms with E-state index in [1.807, 2.05) is 0 Å². The summed E-state index contributed by atoms with van der Waals surface area (Å²) in [6.45, 7) is 9.86. The van der Waals surface area contributed by atoms with Gasteiger partial charge in [-0.05, 0) is 61.1 Å². The van der Waals surface area contributed by atoms with Crippen LogP contribution in [0.5, 0.6) is 0 Å². The van der Waals surface area contributed by atoms with E-state index >= 15 is 0 Å². The average molecular weight is 533 g/mol. The van der Waals surface area contributed by atoms with E-state index in [0.29, 0.717) is 41.1 Å². The molecular formula is C26H36N4O4S2. The topological polar surface area (TPSA) is 90.0 Å². The Kier molecular flexibility index (Phi) is 7.89. The van der Waals surface area contributed by atoms with Gasteiger partial charge in [0, 0.05) is 50.7 Å². The number of nitrogens with one attached hydrogen (secondary N) is 1. The number of hydrogen-bond acceptors (Lipinski definition) is 6. The third-order valence-electron chi connectivity index (χ3n) is 7.02. The van der Waals surface area contributed by atoms with Crippen molar-refractivity contribution in [3.63, 3.8) is 0 Å². The van der Waals surface area contributed by atoms with Crippen LogP contribution < -0.4 is 5.32 Å². The summed E-state index contributed by atoms with van der Waals surface area (Å²) in [7, 11) is -0.197. The molecule has 1 aromatic heterocycles. The molecule has 1 N–H and O–H groups in total. The lowest BCUT2D eigenvalue weighted by atomic mass is 9.94. The van der Waals surface area contributed by atoms with Crippen molar-refractivity contribution in [3.05, 3.63) is 45.8 Å². The van der Waals surface area contributed by atoms with Gasteiger partial charge in [-0.2, -0.15) is 4.31 Å². The SMILES string of the molecule is CCN1CCc2c(sc(NC(=O)c3ccc(S(=O)(=O)N4CC(C)CC(C)C4)cc3)c2C(=O)N(C)C)C1. The van der Waals surface area contributed by atoms with Crippen molar-refractivity contribution in [1.82, 2.24) is 14.1 Å². The lowest BCUT2D eigenvalue weighted by Crippen LogP contribution is -2.42. The summed E-state index contributed by atoms with van der Waals surface area (Å²) in [6.07, 6.45) is 1.79. The average Bonchev–Trinajstić information content (AvgIpc) is 3.19.